The van der Waals surface area contributed by atoms with E-state index in [1.807, 2.05) is 0 Å². The summed E-state index contributed by atoms with van der Waals surface area (Å²) in [6, 6.07) is 12.2. The van der Waals surface area contributed by atoms with E-state index in [1.54, 1.807) is 6.07 Å². The van der Waals surface area contributed by atoms with Gasteiger partial charge in [0.25, 0.3) is 0 Å². The Morgan fingerprint density at radius 1 is 1.06 bits per heavy atom. The molecule has 0 saturated heterocycles. The molecule has 4 aliphatic carbocycles. The van der Waals surface area contributed by atoms with Gasteiger partial charge in [-0.2, -0.15) is 5.26 Å². The number of nitriles is 1. The van der Waals surface area contributed by atoms with E-state index in [0.29, 0.717) is 27.8 Å². The highest BCUT2D eigenvalue weighted by molar-refractivity contribution is 7.98. The number of hydrogen-bond donors (Lipinski definition) is 2. The molecule has 6 nitrogen and oxygen atoms in total. The Bertz CT molecular complexity index is 1190. The number of para-hydroxylation sites is 2. The van der Waals surface area contributed by atoms with Crippen LogP contribution in [-0.4, -0.2) is 14.5 Å². The Morgan fingerprint density at radius 3 is 2.42 bits per heavy atom. The maximum Gasteiger partial charge on any atom is 0.126 e. The third-order valence-corrected chi connectivity index (χ3v) is 8.57. The second kappa shape index (κ2) is 6.89. The van der Waals surface area contributed by atoms with Crippen molar-refractivity contribution < 1.29 is 0 Å². The van der Waals surface area contributed by atoms with Crippen LogP contribution in [-0.2, 0) is 11.3 Å². The third-order valence-electron chi connectivity index (χ3n) is 7.60. The van der Waals surface area contributed by atoms with Crippen LogP contribution in [0.1, 0.15) is 49.9 Å². The number of fused-ring (bicyclic) bond motifs is 1. The van der Waals surface area contributed by atoms with Crippen LogP contribution in [0, 0.1) is 29.1 Å². The molecule has 0 amide bonds. The molecule has 0 spiro atoms. The lowest BCUT2D eigenvalue weighted by molar-refractivity contribution is -0.0420. The van der Waals surface area contributed by atoms with E-state index in [0.717, 1.165) is 29.1 Å². The lowest BCUT2D eigenvalue weighted by Gasteiger charge is -2.57. The summed E-state index contributed by atoms with van der Waals surface area (Å²) in [4.78, 5) is 9.45. The van der Waals surface area contributed by atoms with Gasteiger partial charge in [0.1, 0.15) is 28.3 Å². The molecule has 7 heteroatoms. The van der Waals surface area contributed by atoms with Crippen molar-refractivity contribution in [3.05, 3.63) is 41.7 Å². The molecule has 0 radical (unpaired) electrons. The van der Waals surface area contributed by atoms with Crippen LogP contribution < -0.4 is 11.5 Å². The number of rotatable bonds is 4. The molecule has 4 bridgehead atoms. The number of pyridine rings is 1. The fraction of sp³-hybridized carbons (Fsp3) is 0.458. The first-order valence-electron chi connectivity index (χ1n) is 11.1. The van der Waals surface area contributed by atoms with Gasteiger partial charge >= 0.3 is 0 Å². The molecule has 0 atom stereocenters. The number of nitrogen functional groups attached to an aromatic ring is 2. The third kappa shape index (κ3) is 3.00. The van der Waals surface area contributed by atoms with Gasteiger partial charge in [0.15, 0.2) is 0 Å². The van der Waals surface area contributed by atoms with E-state index in [1.165, 1.54) is 55.8 Å². The van der Waals surface area contributed by atoms with Crippen molar-refractivity contribution in [1.29, 1.82) is 5.26 Å². The number of anilines is 2. The van der Waals surface area contributed by atoms with Crippen LogP contribution in [0.3, 0.4) is 0 Å². The Labute approximate surface area is 186 Å². The first-order chi connectivity index (χ1) is 15.0. The maximum atomic E-state index is 9.57. The van der Waals surface area contributed by atoms with Gasteiger partial charge in [-0.3, -0.25) is 0 Å². The number of nitrogens with two attached hydrogens (primary N) is 2. The zero-order valence-electron chi connectivity index (χ0n) is 17.4. The highest BCUT2D eigenvalue weighted by Crippen LogP contribution is 2.59. The second-order valence-electron chi connectivity index (χ2n) is 9.71. The van der Waals surface area contributed by atoms with Crippen molar-refractivity contribution in [2.75, 3.05) is 11.5 Å². The zero-order chi connectivity index (χ0) is 21.2. The van der Waals surface area contributed by atoms with Gasteiger partial charge in [0.2, 0.25) is 0 Å². The summed E-state index contributed by atoms with van der Waals surface area (Å²) in [5.74, 6) is 4.62. The number of aromatic nitrogens is 3. The molecule has 1 aromatic carbocycles. The molecule has 3 aromatic rings. The van der Waals surface area contributed by atoms with Crippen molar-refractivity contribution in [3.63, 3.8) is 0 Å². The lowest BCUT2D eigenvalue weighted by atomic mass is 9.53. The summed E-state index contributed by atoms with van der Waals surface area (Å²) in [5, 5.41) is 10.2. The fourth-order valence-electron chi connectivity index (χ4n) is 6.95. The number of benzene rings is 1. The van der Waals surface area contributed by atoms with Crippen molar-refractivity contribution in [2.24, 2.45) is 17.8 Å². The van der Waals surface area contributed by atoms with Crippen LogP contribution in [0.25, 0.3) is 11.0 Å². The molecule has 4 aliphatic rings. The molecule has 7 rings (SSSR count). The second-order valence-corrected chi connectivity index (χ2v) is 10.7. The Hall–Kier alpha value is -2.72. The Kier molecular flexibility index (Phi) is 4.23. The highest BCUT2D eigenvalue weighted by atomic mass is 32.2. The molecular weight excluding hydrogens is 404 g/mol. The summed E-state index contributed by atoms with van der Waals surface area (Å²) < 4.78 is 2.57. The Balaban J connectivity index is 1.42. The van der Waals surface area contributed by atoms with Crippen LogP contribution in [0.2, 0.25) is 0 Å². The smallest absolute Gasteiger partial charge is 0.126 e. The molecule has 4 N–H and O–H groups in total. The summed E-state index contributed by atoms with van der Waals surface area (Å²) in [7, 11) is 0. The quantitative estimate of drug-likeness (QED) is 0.582. The summed E-state index contributed by atoms with van der Waals surface area (Å²) in [5.41, 5.74) is 15.2. The van der Waals surface area contributed by atoms with Crippen molar-refractivity contribution in [3.8, 4) is 6.07 Å². The molecule has 0 aliphatic heterocycles. The van der Waals surface area contributed by atoms with Gasteiger partial charge in [0.05, 0.1) is 22.5 Å². The van der Waals surface area contributed by atoms with E-state index < -0.39 is 0 Å². The van der Waals surface area contributed by atoms with Gasteiger partial charge in [-0.05, 0) is 68.4 Å². The summed E-state index contributed by atoms with van der Waals surface area (Å²) in [6.45, 7) is 0. The van der Waals surface area contributed by atoms with E-state index in [4.69, 9.17) is 16.5 Å². The van der Waals surface area contributed by atoms with Crippen LogP contribution in [0.4, 0.5) is 11.5 Å². The topological polar surface area (TPSA) is 107 Å². The number of hydrogen-bond acceptors (Lipinski definition) is 6. The zero-order valence-corrected chi connectivity index (χ0v) is 18.2. The van der Waals surface area contributed by atoms with Crippen LogP contribution >= 0.6 is 11.8 Å². The van der Waals surface area contributed by atoms with E-state index in [9.17, 15) is 5.26 Å². The van der Waals surface area contributed by atoms with E-state index in [2.05, 4.69) is 39.9 Å². The molecule has 4 saturated carbocycles. The van der Waals surface area contributed by atoms with Crippen molar-refractivity contribution in [1.82, 2.24) is 14.5 Å². The minimum absolute atomic E-state index is 0.182. The molecule has 4 fully saturated rings. The van der Waals surface area contributed by atoms with E-state index >= 15 is 0 Å². The molecule has 158 valence electrons. The summed E-state index contributed by atoms with van der Waals surface area (Å²) >= 11 is 1.51. The van der Waals surface area contributed by atoms with Gasteiger partial charge in [-0.25, -0.2) is 9.97 Å². The highest BCUT2D eigenvalue weighted by Gasteiger charge is 2.52. The standard InChI is InChI=1S/C24H26N6S/c25-12-17-18(26)8-21(27)29-23(17)31-13-22-28-19-3-1-2-4-20(19)30(22)24-9-14-5-15(10-24)7-16(6-14)11-24/h1-4,8,14-16H,5-7,9-11,13H2,(H4,26,27,29). The Morgan fingerprint density at radius 2 is 1.74 bits per heavy atom. The first-order valence-corrected chi connectivity index (χ1v) is 12.1. The average Bonchev–Trinajstić information content (AvgIpc) is 3.10. The number of nitrogens with zero attached hydrogens (tertiary/aromatic N) is 4. The van der Waals surface area contributed by atoms with Gasteiger partial charge in [0, 0.05) is 11.6 Å². The molecule has 2 aromatic heterocycles. The van der Waals surface area contributed by atoms with Crippen LogP contribution in [0.15, 0.2) is 35.4 Å². The largest absolute Gasteiger partial charge is 0.397 e. The maximum absolute atomic E-state index is 9.57. The predicted octanol–water partition coefficient (Wildman–Crippen LogP) is 4.68. The number of thioether (sulfide) groups is 1. The van der Waals surface area contributed by atoms with Gasteiger partial charge < -0.3 is 16.0 Å². The molecule has 0 unspecified atom stereocenters. The minimum atomic E-state index is 0.182. The molecule has 2 heterocycles. The van der Waals surface area contributed by atoms with E-state index in [-0.39, 0.29) is 5.54 Å². The lowest BCUT2D eigenvalue weighted by Crippen LogP contribution is -2.52. The number of imidazole rings is 1. The first kappa shape index (κ1) is 19.0. The minimum Gasteiger partial charge on any atom is -0.397 e. The van der Waals surface area contributed by atoms with Crippen molar-refractivity contribution >= 4 is 34.3 Å². The molecular formula is C24H26N6S. The summed E-state index contributed by atoms with van der Waals surface area (Å²) in [6.07, 6.45) is 8.04. The average molecular weight is 431 g/mol. The van der Waals surface area contributed by atoms with Gasteiger partial charge in [-0.15, -0.1) is 0 Å². The SMILES string of the molecule is N#Cc1c(N)cc(N)nc1SCc1nc2ccccc2n1C12CC3CC(CC(C3)C1)C2. The van der Waals surface area contributed by atoms with Gasteiger partial charge in [-0.1, -0.05) is 23.9 Å². The molecule has 31 heavy (non-hydrogen) atoms. The fourth-order valence-corrected chi connectivity index (χ4v) is 7.89. The predicted molar refractivity (Wildman–Crippen MR) is 123 cm³/mol. The van der Waals surface area contributed by atoms with Crippen LogP contribution in [0.5, 0.6) is 0 Å². The van der Waals surface area contributed by atoms with Crippen molar-refractivity contribution in [2.45, 2.75) is 54.8 Å². The normalized spacial score (nSPS) is 28.8. The monoisotopic (exact) mass is 430 g/mol.